The number of alkyl halides is 2. The Bertz CT molecular complexity index is 909. The summed E-state index contributed by atoms with van der Waals surface area (Å²) >= 11 is 0. The Balaban J connectivity index is 2.38. The maximum Gasteiger partial charge on any atom is 0.240 e. The van der Waals surface area contributed by atoms with Crippen LogP contribution in [0.2, 0.25) is 0 Å². The van der Waals surface area contributed by atoms with E-state index in [1.807, 2.05) is 6.07 Å². The average Bonchev–Trinajstić information content (AvgIpc) is 2.64. The summed E-state index contributed by atoms with van der Waals surface area (Å²) in [5.74, 6) is 0.0503. The van der Waals surface area contributed by atoms with Crippen LogP contribution in [0, 0.1) is 23.2 Å². The van der Waals surface area contributed by atoms with Crippen molar-refractivity contribution >= 4 is 29.7 Å². The molecule has 2 aromatic rings. The highest BCUT2D eigenvalue weighted by Gasteiger charge is 2.17. The smallest absolute Gasteiger partial charge is 0.240 e. The van der Waals surface area contributed by atoms with Gasteiger partial charge >= 0.3 is 0 Å². The molecule has 0 aliphatic rings. The van der Waals surface area contributed by atoms with Crippen molar-refractivity contribution in [1.29, 1.82) is 5.26 Å². The normalized spacial score (nSPS) is 10.5. The van der Waals surface area contributed by atoms with E-state index in [9.17, 15) is 13.7 Å². The van der Waals surface area contributed by atoms with Gasteiger partial charge in [0.15, 0.2) is 0 Å². The van der Waals surface area contributed by atoms with E-state index in [4.69, 9.17) is 11.0 Å². The number of nitriles is 1. The number of hydrogen-bond donors (Lipinski definition) is 2. The number of nitroso groups, excluding NO2 is 1. The zero-order valence-electron chi connectivity index (χ0n) is 14.5. The number of hydrogen-bond acceptors (Lipinski definition) is 8. The Morgan fingerprint density at radius 2 is 2.15 bits per heavy atom. The van der Waals surface area contributed by atoms with Gasteiger partial charge in [-0.25, -0.2) is 18.7 Å². The van der Waals surface area contributed by atoms with E-state index in [1.54, 1.807) is 19.1 Å². The molecule has 8 nitrogen and oxygen atoms in total. The first-order chi connectivity index (χ1) is 12.9. The Morgan fingerprint density at radius 3 is 2.74 bits per heavy atom. The minimum Gasteiger partial charge on any atom is -0.394 e. The number of pyridine rings is 2. The second kappa shape index (κ2) is 8.75. The molecule has 27 heavy (non-hydrogen) atoms. The highest BCUT2D eigenvalue weighted by molar-refractivity contribution is 5.78. The first-order valence-electron chi connectivity index (χ1n) is 7.92. The molecule has 0 saturated carbocycles. The van der Waals surface area contributed by atoms with E-state index in [1.165, 1.54) is 0 Å². The molecule has 10 heteroatoms. The fourth-order valence-electron chi connectivity index (χ4n) is 2.49. The van der Waals surface area contributed by atoms with Crippen LogP contribution in [0.25, 0.3) is 0 Å². The molecule has 2 heterocycles. The van der Waals surface area contributed by atoms with Crippen molar-refractivity contribution in [2.75, 3.05) is 17.6 Å². The van der Waals surface area contributed by atoms with E-state index in [0.29, 0.717) is 17.0 Å². The summed E-state index contributed by atoms with van der Waals surface area (Å²) in [6, 6.07) is 5.14. The molecule has 0 aliphatic carbocycles. The lowest BCUT2D eigenvalue weighted by Gasteiger charge is -2.13. The zero-order chi connectivity index (χ0) is 20.0. The molecule has 0 unspecified atom stereocenters. The molecular formula is C17H17F2N7O. The van der Waals surface area contributed by atoms with E-state index >= 15 is 0 Å². The van der Waals surface area contributed by atoms with Crippen LogP contribution in [0.4, 0.5) is 31.8 Å². The quantitative estimate of drug-likeness (QED) is 0.537. The van der Waals surface area contributed by atoms with Gasteiger partial charge < -0.3 is 11.1 Å². The molecule has 0 aromatic carbocycles. The lowest BCUT2D eigenvalue weighted by atomic mass is 10.0. The van der Waals surface area contributed by atoms with Crippen LogP contribution in [-0.4, -0.2) is 29.7 Å². The Morgan fingerprint density at radius 1 is 1.41 bits per heavy atom. The first kappa shape index (κ1) is 19.8. The summed E-state index contributed by atoms with van der Waals surface area (Å²) < 4.78 is 24.6. The van der Waals surface area contributed by atoms with Crippen LogP contribution in [0.15, 0.2) is 22.3 Å². The Labute approximate surface area is 154 Å². The fraction of sp³-hybridized carbons (Fsp3) is 0.294. The van der Waals surface area contributed by atoms with Gasteiger partial charge in [-0.15, -0.1) is 4.91 Å². The average molecular weight is 373 g/mol. The predicted octanol–water partition coefficient (Wildman–Crippen LogP) is 3.63. The SMILES string of the molecule is C=Nc1c(N)c(N=O)nc(C)c1Cc1ccc(C#N)c(NCCC(F)F)n1. The lowest BCUT2D eigenvalue weighted by molar-refractivity contribution is 0.142. The van der Waals surface area contributed by atoms with Crippen molar-refractivity contribution in [3.8, 4) is 6.07 Å². The molecule has 0 saturated heterocycles. The number of nitrogens with one attached hydrogen (secondary N) is 1. The summed E-state index contributed by atoms with van der Waals surface area (Å²) in [5.41, 5.74) is 8.03. The molecular weight excluding hydrogens is 356 g/mol. The number of nitrogens with zero attached hydrogens (tertiary/aromatic N) is 5. The first-order valence-corrected chi connectivity index (χ1v) is 7.92. The number of aryl methyl sites for hydroxylation is 1. The fourth-order valence-corrected chi connectivity index (χ4v) is 2.49. The Hall–Kier alpha value is -3.48. The number of nitrogens with two attached hydrogens (primary N) is 1. The summed E-state index contributed by atoms with van der Waals surface area (Å²) in [5, 5.41) is 14.7. The maximum atomic E-state index is 12.3. The number of halogens is 2. The summed E-state index contributed by atoms with van der Waals surface area (Å²) in [6.45, 7) is 5.12. The number of nitrogen functional groups attached to an aromatic ring is 1. The summed E-state index contributed by atoms with van der Waals surface area (Å²) in [6.07, 6.45) is -2.57. The summed E-state index contributed by atoms with van der Waals surface area (Å²) in [4.78, 5) is 23.1. The topological polar surface area (TPSA) is 129 Å². The molecule has 0 aliphatic heterocycles. The van der Waals surface area contributed by atoms with Crippen molar-refractivity contribution in [2.45, 2.75) is 26.2 Å². The number of aliphatic imine (C=N–C) groups is 1. The maximum absolute atomic E-state index is 12.3. The molecule has 3 N–H and O–H groups in total. The molecule has 0 amide bonds. The van der Waals surface area contributed by atoms with Gasteiger partial charge in [0.1, 0.15) is 17.6 Å². The van der Waals surface area contributed by atoms with Crippen molar-refractivity contribution in [3.63, 3.8) is 0 Å². The van der Waals surface area contributed by atoms with Crippen LogP contribution in [0.1, 0.15) is 28.9 Å². The Kier molecular flexibility index (Phi) is 6.43. The van der Waals surface area contributed by atoms with Crippen LogP contribution in [-0.2, 0) is 6.42 Å². The zero-order valence-corrected chi connectivity index (χ0v) is 14.5. The van der Waals surface area contributed by atoms with Gasteiger partial charge in [0.25, 0.3) is 0 Å². The number of anilines is 2. The lowest BCUT2D eigenvalue weighted by Crippen LogP contribution is -2.10. The third kappa shape index (κ3) is 4.58. The van der Waals surface area contributed by atoms with Crippen LogP contribution < -0.4 is 11.1 Å². The molecule has 140 valence electrons. The third-order valence-corrected chi connectivity index (χ3v) is 3.82. The van der Waals surface area contributed by atoms with Gasteiger partial charge in [0.05, 0.1) is 11.3 Å². The van der Waals surface area contributed by atoms with Gasteiger partial charge in [0.2, 0.25) is 12.2 Å². The monoisotopic (exact) mass is 373 g/mol. The van der Waals surface area contributed by atoms with Crippen molar-refractivity contribution in [1.82, 2.24) is 9.97 Å². The summed E-state index contributed by atoms with van der Waals surface area (Å²) in [7, 11) is 0. The standard InChI is InChI=1S/C17H17F2N7O/c1-9-12(15(22-2)14(21)17(24-9)26-27)7-11-4-3-10(8-20)16(25-11)23-6-5-13(18)19/h3-4,13H,2,5-7,21H2,1H3,(H,23,25). The molecule has 0 spiro atoms. The molecule has 0 atom stereocenters. The molecule has 2 aromatic heterocycles. The molecule has 0 radical (unpaired) electrons. The van der Waals surface area contributed by atoms with Gasteiger partial charge in [0, 0.05) is 36.3 Å². The third-order valence-electron chi connectivity index (χ3n) is 3.82. The minimum atomic E-state index is -2.45. The minimum absolute atomic E-state index is 0.0181. The van der Waals surface area contributed by atoms with Crippen LogP contribution >= 0.6 is 0 Å². The van der Waals surface area contributed by atoms with Crippen LogP contribution in [0.5, 0.6) is 0 Å². The van der Waals surface area contributed by atoms with Gasteiger partial charge in [-0.05, 0) is 31.0 Å². The van der Waals surface area contributed by atoms with Gasteiger partial charge in [-0.3, -0.25) is 4.99 Å². The van der Waals surface area contributed by atoms with E-state index in [0.717, 1.165) is 0 Å². The molecule has 0 fully saturated rings. The number of rotatable bonds is 8. The van der Waals surface area contributed by atoms with E-state index in [2.05, 4.69) is 32.2 Å². The second-order valence-corrected chi connectivity index (χ2v) is 5.60. The predicted molar refractivity (Wildman–Crippen MR) is 98.9 cm³/mol. The van der Waals surface area contributed by atoms with E-state index < -0.39 is 6.43 Å². The largest absolute Gasteiger partial charge is 0.394 e. The van der Waals surface area contributed by atoms with Crippen molar-refractivity contribution in [2.24, 2.45) is 10.2 Å². The van der Waals surface area contributed by atoms with Crippen molar-refractivity contribution in [3.05, 3.63) is 39.6 Å². The van der Waals surface area contributed by atoms with Crippen LogP contribution in [0.3, 0.4) is 0 Å². The molecule has 0 bridgehead atoms. The van der Waals surface area contributed by atoms with Gasteiger partial charge in [-0.1, -0.05) is 0 Å². The number of aromatic nitrogens is 2. The second-order valence-electron chi connectivity index (χ2n) is 5.60. The highest BCUT2D eigenvalue weighted by atomic mass is 19.3. The van der Waals surface area contributed by atoms with Crippen molar-refractivity contribution < 1.29 is 8.78 Å². The molecule has 2 rings (SSSR count). The highest BCUT2D eigenvalue weighted by Crippen LogP contribution is 2.36. The van der Waals surface area contributed by atoms with E-state index in [-0.39, 0.29) is 48.0 Å². The van der Waals surface area contributed by atoms with Gasteiger partial charge in [-0.2, -0.15) is 5.26 Å².